The molecule has 1 aliphatic rings. The molecule has 5 nitrogen and oxygen atoms in total. The fourth-order valence-corrected chi connectivity index (χ4v) is 2.31. The first-order chi connectivity index (χ1) is 10.6. The number of nitrogens with one attached hydrogen (secondary N) is 2. The lowest BCUT2D eigenvalue weighted by atomic mass is 10.0. The fraction of sp³-hybridized carbons (Fsp3) is 0.353. The molecule has 0 bridgehead atoms. The summed E-state index contributed by atoms with van der Waals surface area (Å²) in [7, 11) is 0. The van der Waals surface area contributed by atoms with E-state index in [0.29, 0.717) is 12.0 Å². The molecule has 1 atom stereocenters. The molecule has 3 rings (SSSR count). The highest BCUT2D eigenvalue weighted by molar-refractivity contribution is 5.73. The average molecular weight is 296 g/mol. The van der Waals surface area contributed by atoms with Crippen LogP contribution in [0.1, 0.15) is 38.3 Å². The predicted molar refractivity (Wildman–Crippen MR) is 86.3 cm³/mol. The molecule has 2 aromatic rings. The lowest BCUT2D eigenvalue weighted by molar-refractivity contribution is -0.119. The maximum absolute atomic E-state index is 11.1. The minimum atomic E-state index is -0.0243. The first kappa shape index (κ1) is 14.5. The fourth-order valence-electron chi connectivity index (χ4n) is 2.31. The summed E-state index contributed by atoms with van der Waals surface area (Å²) in [5, 5.41) is 6.15. The van der Waals surface area contributed by atoms with E-state index in [4.69, 9.17) is 0 Å². The monoisotopic (exact) mass is 296 g/mol. The van der Waals surface area contributed by atoms with Crippen molar-refractivity contribution in [2.75, 3.05) is 5.32 Å². The normalized spacial score (nSPS) is 15.2. The van der Waals surface area contributed by atoms with Gasteiger partial charge in [0.2, 0.25) is 11.9 Å². The Bertz CT molecular complexity index is 647. The van der Waals surface area contributed by atoms with Crippen LogP contribution >= 0.6 is 0 Å². The smallest absolute Gasteiger partial charge is 0.222 e. The summed E-state index contributed by atoms with van der Waals surface area (Å²) in [4.78, 5) is 19.8. The van der Waals surface area contributed by atoms with Crippen LogP contribution in [0.3, 0.4) is 0 Å². The van der Waals surface area contributed by atoms with E-state index >= 15 is 0 Å². The standard InChI is InChI=1S/C17H20N4O/c1-11(20-12(2)22)13-3-5-14(6-4-13)15-9-18-17(19-10-15)21-16-7-8-16/h3-6,9-11,16H,7-8H2,1-2H3,(H,20,22)(H,18,19,21)/t11-/m0/s1. The van der Waals surface area contributed by atoms with Crippen molar-refractivity contribution in [1.29, 1.82) is 0 Å². The molecular formula is C17H20N4O. The highest BCUT2D eigenvalue weighted by Crippen LogP contribution is 2.24. The van der Waals surface area contributed by atoms with E-state index in [1.807, 2.05) is 43.6 Å². The van der Waals surface area contributed by atoms with Gasteiger partial charge in [0.05, 0.1) is 6.04 Å². The number of carbonyl (C=O) groups is 1. The number of anilines is 1. The van der Waals surface area contributed by atoms with Crippen LogP contribution in [-0.2, 0) is 4.79 Å². The molecule has 0 radical (unpaired) electrons. The molecule has 5 heteroatoms. The van der Waals surface area contributed by atoms with Gasteiger partial charge < -0.3 is 10.6 Å². The number of hydrogen-bond acceptors (Lipinski definition) is 4. The summed E-state index contributed by atoms with van der Waals surface area (Å²) in [5.41, 5.74) is 3.13. The van der Waals surface area contributed by atoms with Crippen LogP contribution in [-0.4, -0.2) is 21.9 Å². The van der Waals surface area contributed by atoms with Crippen molar-refractivity contribution in [1.82, 2.24) is 15.3 Å². The van der Waals surface area contributed by atoms with Gasteiger partial charge in [0, 0.05) is 30.9 Å². The van der Waals surface area contributed by atoms with Crippen LogP contribution in [0.2, 0.25) is 0 Å². The molecule has 22 heavy (non-hydrogen) atoms. The lowest BCUT2D eigenvalue weighted by Crippen LogP contribution is -2.23. The van der Waals surface area contributed by atoms with Gasteiger partial charge in [-0.3, -0.25) is 4.79 Å². The quantitative estimate of drug-likeness (QED) is 0.890. The van der Waals surface area contributed by atoms with Gasteiger partial charge >= 0.3 is 0 Å². The van der Waals surface area contributed by atoms with Crippen molar-refractivity contribution in [3.8, 4) is 11.1 Å². The third-order valence-electron chi connectivity index (χ3n) is 3.73. The van der Waals surface area contributed by atoms with Gasteiger partial charge in [-0.1, -0.05) is 24.3 Å². The van der Waals surface area contributed by atoms with Gasteiger partial charge in [-0.05, 0) is 30.9 Å². The predicted octanol–water partition coefficient (Wildman–Crippen LogP) is 2.92. The molecule has 0 unspecified atom stereocenters. The van der Waals surface area contributed by atoms with E-state index < -0.39 is 0 Å². The largest absolute Gasteiger partial charge is 0.351 e. The molecule has 114 valence electrons. The van der Waals surface area contributed by atoms with Crippen molar-refractivity contribution in [3.63, 3.8) is 0 Å². The Morgan fingerprint density at radius 1 is 1.14 bits per heavy atom. The maximum Gasteiger partial charge on any atom is 0.222 e. The van der Waals surface area contributed by atoms with Crippen molar-refractivity contribution in [2.45, 2.75) is 38.8 Å². The molecule has 1 amide bonds. The van der Waals surface area contributed by atoms with Crippen LogP contribution in [0, 0.1) is 0 Å². The summed E-state index contributed by atoms with van der Waals surface area (Å²) < 4.78 is 0. The van der Waals surface area contributed by atoms with Crippen LogP contribution in [0.4, 0.5) is 5.95 Å². The van der Waals surface area contributed by atoms with Crippen molar-refractivity contribution in [2.24, 2.45) is 0 Å². The Morgan fingerprint density at radius 2 is 1.77 bits per heavy atom. The Labute approximate surface area is 130 Å². The van der Waals surface area contributed by atoms with Gasteiger partial charge in [-0.25, -0.2) is 9.97 Å². The van der Waals surface area contributed by atoms with E-state index in [0.717, 1.165) is 16.7 Å². The third kappa shape index (κ3) is 3.61. The molecular weight excluding hydrogens is 276 g/mol. The van der Waals surface area contributed by atoms with E-state index in [9.17, 15) is 4.79 Å². The number of hydrogen-bond donors (Lipinski definition) is 2. The number of aromatic nitrogens is 2. The molecule has 2 N–H and O–H groups in total. The summed E-state index contributed by atoms with van der Waals surface area (Å²) in [6.07, 6.45) is 6.09. The van der Waals surface area contributed by atoms with Gasteiger partial charge in [0.1, 0.15) is 0 Å². The molecule has 1 saturated carbocycles. The molecule has 0 aliphatic heterocycles. The first-order valence-corrected chi connectivity index (χ1v) is 7.58. The van der Waals surface area contributed by atoms with E-state index in [-0.39, 0.29) is 11.9 Å². The van der Waals surface area contributed by atoms with Gasteiger partial charge in [-0.15, -0.1) is 0 Å². The molecule has 0 saturated heterocycles. The first-order valence-electron chi connectivity index (χ1n) is 7.58. The number of benzene rings is 1. The third-order valence-corrected chi connectivity index (χ3v) is 3.73. The second kappa shape index (κ2) is 6.13. The second-order valence-electron chi connectivity index (χ2n) is 5.76. The van der Waals surface area contributed by atoms with Crippen LogP contribution in [0.25, 0.3) is 11.1 Å². The number of carbonyl (C=O) groups excluding carboxylic acids is 1. The SMILES string of the molecule is CC(=O)N[C@@H](C)c1ccc(-c2cnc(NC3CC3)nc2)cc1. The summed E-state index contributed by atoms with van der Waals surface area (Å²) in [5.74, 6) is 0.672. The van der Waals surface area contributed by atoms with Crippen LogP contribution in [0.5, 0.6) is 0 Å². The van der Waals surface area contributed by atoms with Crippen molar-refractivity contribution < 1.29 is 4.79 Å². The van der Waals surface area contributed by atoms with Gasteiger partial charge in [0.25, 0.3) is 0 Å². The highest BCUT2D eigenvalue weighted by atomic mass is 16.1. The van der Waals surface area contributed by atoms with Crippen LogP contribution < -0.4 is 10.6 Å². The topological polar surface area (TPSA) is 66.9 Å². The van der Waals surface area contributed by atoms with Crippen molar-refractivity contribution in [3.05, 3.63) is 42.2 Å². The zero-order chi connectivity index (χ0) is 15.5. The summed E-state index contributed by atoms with van der Waals surface area (Å²) in [6, 6.07) is 8.66. The van der Waals surface area contributed by atoms with E-state index in [1.165, 1.54) is 19.8 Å². The molecule has 1 aliphatic carbocycles. The van der Waals surface area contributed by atoms with E-state index in [1.54, 1.807) is 0 Å². The molecule has 1 fully saturated rings. The molecule has 0 spiro atoms. The van der Waals surface area contributed by atoms with Crippen LogP contribution in [0.15, 0.2) is 36.7 Å². The highest BCUT2D eigenvalue weighted by Gasteiger charge is 2.21. The molecule has 1 heterocycles. The summed E-state index contributed by atoms with van der Waals surface area (Å²) in [6.45, 7) is 3.50. The zero-order valence-corrected chi connectivity index (χ0v) is 12.8. The zero-order valence-electron chi connectivity index (χ0n) is 12.8. The minimum absolute atomic E-state index is 0.00733. The number of nitrogens with zero attached hydrogens (tertiary/aromatic N) is 2. The van der Waals surface area contributed by atoms with Gasteiger partial charge in [-0.2, -0.15) is 0 Å². The average Bonchev–Trinajstić information content (AvgIpc) is 3.31. The molecule has 1 aromatic carbocycles. The maximum atomic E-state index is 11.1. The number of rotatable bonds is 5. The lowest BCUT2D eigenvalue weighted by Gasteiger charge is -2.13. The van der Waals surface area contributed by atoms with Crippen molar-refractivity contribution >= 4 is 11.9 Å². The molecule has 1 aromatic heterocycles. The Hall–Kier alpha value is -2.43. The Morgan fingerprint density at radius 3 is 2.32 bits per heavy atom. The second-order valence-corrected chi connectivity index (χ2v) is 5.76. The minimum Gasteiger partial charge on any atom is -0.351 e. The van der Waals surface area contributed by atoms with Gasteiger partial charge in [0.15, 0.2) is 0 Å². The number of amides is 1. The Balaban J connectivity index is 1.70. The Kier molecular flexibility index (Phi) is 4.04. The van der Waals surface area contributed by atoms with E-state index in [2.05, 4.69) is 20.6 Å². The summed E-state index contributed by atoms with van der Waals surface area (Å²) >= 11 is 0.